The van der Waals surface area contributed by atoms with Gasteiger partial charge in [-0.15, -0.1) is 0 Å². The molecule has 0 bridgehead atoms. The highest BCUT2D eigenvalue weighted by atomic mass is 32.2. The van der Waals surface area contributed by atoms with Crippen molar-refractivity contribution in [1.29, 1.82) is 0 Å². The summed E-state index contributed by atoms with van der Waals surface area (Å²) in [6.45, 7) is 3.23. The highest BCUT2D eigenvalue weighted by Crippen LogP contribution is 2.23. The van der Waals surface area contributed by atoms with Crippen LogP contribution in [0, 0.1) is 0 Å². The number of ether oxygens (including phenoxy) is 1. The van der Waals surface area contributed by atoms with Gasteiger partial charge < -0.3 is 20.3 Å². The minimum Gasteiger partial charge on any atom is -0.494 e. The van der Waals surface area contributed by atoms with Gasteiger partial charge in [0.2, 0.25) is 27.7 Å². The number of hydrogen-bond donors (Lipinski definition) is 2. The number of sulfonamides is 1. The van der Waals surface area contributed by atoms with E-state index in [9.17, 15) is 22.8 Å². The normalized spacial score (nSPS) is 20.0. The molecule has 1 heterocycles. The van der Waals surface area contributed by atoms with Gasteiger partial charge in [-0.25, -0.2) is 8.42 Å². The molecule has 2 rings (SSSR count). The molecule has 0 aromatic heterocycles. The molecule has 10 nitrogen and oxygen atoms in total. The van der Waals surface area contributed by atoms with Crippen molar-refractivity contribution in [3.05, 3.63) is 29.8 Å². The molecule has 1 fully saturated rings. The second-order valence-electron chi connectivity index (χ2n) is 7.26. The maximum Gasteiger partial charge on any atom is 0.247 e. The van der Waals surface area contributed by atoms with Gasteiger partial charge in [0.15, 0.2) is 0 Å². The van der Waals surface area contributed by atoms with Gasteiger partial charge in [0, 0.05) is 25.7 Å². The molecule has 0 aliphatic carbocycles. The van der Waals surface area contributed by atoms with Gasteiger partial charge >= 0.3 is 0 Å². The molecule has 11 heteroatoms. The molecule has 1 aromatic carbocycles. The number of nitrogens with zero attached hydrogens (tertiary/aromatic N) is 2. The van der Waals surface area contributed by atoms with E-state index in [-0.39, 0.29) is 26.2 Å². The Morgan fingerprint density at radius 2 is 1.90 bits per heavy atom. The Labute approximate surface area is 176 Å². The van der Waals surface area contributed by atoms with E-state index in [1.807, 2.05) is 25.1 Å². The Morgan fingerprint density at radius 1 is 1.23 bits per heavy atom. The van der Waals surface area contributed by atoms with E-state index in [1.54, 1.807) is 6.07 Å². The first kappa shape index (κ1) is 23.6. The van der Waals surface area contributed by atoms with Gasteiger partial charge in [-0.3, -0.25) is 14.4 Å². The predicted molar refractivity (Wildman–Crippen MR) is 110 cm³/mol. The smallest absolute Gasteiger partial charge is 0.247 e. The van der Waals surface area contributed by atoms with E-state index in [2.05, 4.69) is 10.6 Å². The average molecular weight is 441 g/mol. The zero-order chi connectivity index (χ0) is 22.5. The van der Waals surface area contributed by atoms with Crippen LogP contribution in [0.1, 0.15) is 19.4 Å². The van der Waals surface area contributed by atoms with Crippen LogP contribution >= 0.6 is 0 Å². The Bertz CT molecular complexity index is 919. The van der Waals surface area contributed by atoms with E-state index in [0.717, 1.165) is 16.1 Å². The second kappa shape index (κ2) is 9.43. The van der Waals surface area contributed by atoms with Crippen LogP contribution in [0.25, 0.3) is 0 Å². The molecule has 1 unspecified atom stereocenters. The number of carbonyl (C=O) groups excluding carboxylic acids is 3. The second-order valence-corrected chi connectivity index (χ2v) is 9.24. The lowest BCUT2D eigenvalue weighted by Crippen LogP contribution is -2.68. The first-order valence-electron chi connectivity index (χ1n) is 9.46. The van der Waals surface area contributed by atoms with Gasteiger partial charge in [-0.1, -0.05) is 18.2 Å². The topological polar surface area (TPSA) is 125 Å². The van der Waals surface area contributed by atoms with E-state index in [0.29, 0.717) is 12.4 Å². The summed E-state index contributed by atoms with van der Waals surface area (Å²) in [7, 11) is -2.21. The number of rotatable bonds is 8. The number of hydrogen-bond acceptors (Lipinski definition) is 6. The number of amides is 3. The summed E-state index contributed by atoms with van der Waals surface area (Å²) in [6, 6.07) is 7.29. The third-order valence-electron chi connectivity index (χ3n) is 5.03. The third kappa shape index (κ3) is 5.48. The molecular weight excluding hydrogens is 412 g/mol. The van der Waals surface area contributed by atoms with Crippen LogP contribution < -0.4 is 15.4 Å². The number of benzene rings is 1. The molecule has 3 amide bonds. The van der Waals surface area contributed by atoms with Crippen LogP contribution in [-0.4, -0.2) is 80.4 Å². The fourth-order valence-corrected chi connectivity index (χ4v) is 3.88. The molecule has 1 aliphatic rings. The number of piperazine rings is 1. The molecule has 1 saturated heterocycles. The molecular formula is C19H28N4O6S. The molecule has 0 spiro atoms. The molecule has 2 N–H and O–H groups in total. The van der Waals surface area contributed by atoms with Gasteiger partial charge in [0.1, 0.15) is 11.3 Å². The van der Waals surface area contributed by atoms with Gasteiger partial charge in [-0.05, 0) is 19.9 Å². The largest absolute Gasteiger partial charge is 0.494 e. The van der Waals surface area contributed by atoms with Gasteiger partial charge in [-0.2, -0.15) is 4.31 Å². The van der Waals surface area contributed by atoms with Crippen LogP contribution in [0.4, 0.5) is 0 Å². The van der Waals surface area contributed by atoms with Crippen LogP contribution in [0.2, 0.25) is 0 Å². The summed E-state index contributed by atoms with van der Waals surface area (Å²) < 4.78 is 30.2. The Balaban J connectivity index is 1.97. The van der Waals surface area contributed by atoms with Crippen molar-refractivity contribution in [2.75, 3.05) is 39.5 Å². The average Bonchev–Trinajstić information content (AvgIpc) is 2.68. The lowest BCUT2D eigenvalue weighted by atomic mass is 9.96. The SMILES string of the molecule is CCOc1ccccc1CNC(=O)CNC(=O)C1(C)CN(S(C)(=O)=O)CC(=O)N1C. The van der Waals surface area contributed by atoms with E-state index >= 15 is 0 Å². The predicted octanol–water partition coefficient (Wildman–Crippen LogP) is -0.690. The van der Waals surface area contributed by atoms with Crippen molar-refractivity contribution in [2.24, 2.45) is 0 Å². The van der Waals surface area contributed by atoms with Crippen molar-refractivity contribution in [2.45, 2.75) is 25.9 Å². The van der Waals surface area contributed by atoms with Crippen LogP contribution in [0.5, 0.6) is 5.75 Å². The maximum absolute atomic E-state index is 12.7. The van der Waals surface area contributed by atoms with Crippen LogP contribution in [-0.2, 0) is 31.0 Å². The highest BCUT2D eigenvalue weighted by molar-refractivity contribution is 7.88. The zero-order valence-electron chi connectivity index (χ0n) is 17.6. The van der Waals surface area contributed by atoms with Crippen molar-refractivity contribution in [3.63, 3.8) is 0 Å². The minimum absolute atomic E-state index is 0.191. The Morgan fingerprint density at radius 3 is 2.53 bits per heavy atom. The zero-order valence-corrected chi connectivity index (χ0v) is 18.4. The fourth-order valence-electron chi connectivity index (χ4n) is 3.05. The third-order valence-corrected chi connectivity index (χ3v) is 6.22. The lowest BCUT2D eigenvalue weighted by molar-refractivity contribution is -0.150. The molecule has 1 aromatic rings. The monoisotopic (exact) mass is 440 g/mol. The summed E-state index contributed by atoms with van der Waals surface area (Å²) in [5.41, 5.74) is -0.632. The van der Waals surface area contributed by atoms with Crippen molar-refractivity contribution in [3.8, 4) is 5.75 Å². The number of para-hydroxylation sites is 1. The van der Waals surface area contributed by atoms with E-state index in [4.69, 9.17) is 4.74 Å². The molecule has 166 valence electrons. The standard InChI is InChI=1S/C19H28N4O6S/c1-5-29-15-9-7-6-8-14(15)10-20-16(24)11-21-18(26)19(2)13-23(30(4,27)28)12-17(25)22(19)3/h6-9H,5,10-13H2,1-4H3,(H,20,24)(H,21,26). The quantitative estimate of drug-likeness (QED) is 0.551. The molecule has 1 atom stereocenters. The number of carbonyl (C=O) groups is 3. The fraction of sp³-hybridized carbons (Fsp3) is 0.526. The molecule has 0 radical (unpaired) electrons. The van der Waals surface area contributed by atoms with Crippen molar-refractivity contribution < 1.29 is 27.5 Å². The molecule has 30 heavy (non-hydrogen) atoms. The summed E-state index contributed by atoms with van der Waals surface area (Å²) in [5.74, 6) is -0.874. The van der Waals surface area contributed by atoms with Crippen LogP contribution in [0.15, 0.2) is 24.3 Å². The lowest BCUT2D eigenvalue weighted by Gasteiger charge is -2.44. The summed E-state index contributed by atoms with van der Waals surface area (Å²) in [4.78, 5) is 38.3. The van der Waals surface area contributed by atoms with Crippen molar-refractivity contribution >= 4 is 27.7 Å². The van der Waals surface area contributed by atoms with E-state index in [1.165, 1.54) is 18.9 Å². The highest BCUT2D eigenvalue weighted by Gasteiger charge is 2.47. The maximum atomic E-state index is 12.7. The minimum atomic E-state index is -3.65. The molecule has 1 aliphatic heterocycles. The Kier molecular flexibility index (Phi) is 7.43. The summed E-state index contributed by atoms with van der Waals surface area (Å²) >= 11 is 0. The first-order chi connectivity index (χ1) is 14.0. The Hall–Kier alpha value is -2.66. The summed E-state index contributed by atoms with van der Waals surface area (Å²) in [5, 5.41) is 5.20. The number of nitrogens with one attached hydrogen (secondary N) is 2. The first-order valence-corrected chi connectivity index (χ1v) is 11.3. The number of likely N-dealkylation sites (N-methyl/N-ethyl adjacent to an activating group) is 1. The van der Waals surface area contributed by atoms with Crippen LogP contribution in [0.3, 0.4) is 0 Å². The summed E-state index contributed by atoms with van der Waals surface area (Å²) in [6.07, 6.45) is 0.984. The van der Waals surface area contributed by atoms with Gasteiger partial charge in [0.05, 0.1) is 26.0 Å². The molecule has 0 saturated carbocycles. The van der Waals surface area contributed by atoms with E-state index < -0.39 is 33.3 Å². The van der Waals surface area contributed by atoms with Gasteiger partial charge in [0.25, 0.3) is 0 Å². The van der Waals surface area contributed by atoms with Crippen molar-refractivity contribution in [1.82, 2.24) is 19.8 Å².